The third kappa shape index (κ3) is 3.84. The second kappa shape index (κ2) is 6.92. The minimum Gasteiger partial charge on any atom is -0.481 e. The van der Waals surface area contributed by atoms with Gasteiger partial charge in [0, 0.05) is 19.0 Å². The normalized spacial score (nSPS) is 21.6. The number of carboxylic acid groups (broad SMARTS) is 1. The minimum absolute atomic E-state index is 0.0114. The van der Waals surface area contributed by atoms with Gasteiger partial charge in [0.25, 0.3) is 0 Å². The van der Waals surface area contributed by atoms with E-state index in [0.29, 0.717) is 13.0 Å². The molecular formula is C16H19NO4. The van der Waals surface area contributed by atoms with Crippen molar-refractivity contribution in [3.8, 4) is 0 Å². The first-order valence-electron chi connectivity index (χ1n) is 6.92. The molecule has 2 atom stereocenters. The van der Waals surface area contributed by atoms with E-state index in [1.165, 1.54) is 11.0 Å². The summed E-state index contributed by atoms with van der Waals surface area (Å²) in [5.74, 6) is -1.44. The SMILES string of the molecule is C=CCOC(=O)N1C[C@@H](C(=O)O)C[C@@H](c2ccccc2)C1. The van der Waals surface area contributed by atoms with Crippen molar-refractivity contribution in [1.29, 1.82) is 0 Å². The highest BCUT2D eigenvalue weighted by atomic mass is 16.6. The Bertz CT molecular complexity index is 514. The quantitative estimate of drug-likeness (QED) is 0.865. The number of ether oxygens (including phenoxy) is 1. The van der Waals surface area contributed by atoms with E-state index in [9.17, 15) is 14.7 Å². The van der Waals surface area contributed by atoms with E-state index in [-0.39, 0.29) is 19.1 Å². The first kappa shape index (κ1) is 15.1. The van der Waals surface area contributed by atoms with Crippen LogP contribution in [0.15, 0.2) is 43.0 Å². The maximum Gasteiger partial charge on any atom is 0.410 e. The van der Waals surface area contributed by atoms with Crippen LogP contribution in [0.5, 0.6) is 0 Å². The van der Waals surface area contributed by atoms with Gasteiger partial charge in [-0.2, -0.15) is 0 Å². The number of nitrogens with zero attached hydrogens (tertiary/aromatic N) is 1. The molecule has 0 spiro atoms. The van der Waals surface area contributed by atoms with Gasteiger partial charge < -0.3 is 14.7 Å². The highest BCUT2D eigenvalue weighted by Gasteiger charge is 2.34. The van der Waals surface area contributed by atoms with E-state index in [0.717, 1.165) is 5.56 Å². The summed E-state index contributed by atoms with van der Waals surface area (Å²) in [6, 6.07) is 9.67. The Kier molecular flexibility index (Phi) is 4.98. The summed E-state index contributed by atoms with van der Waals surface area (Å²) in [4.78, 5) is 24.8. The van der Waals surface area contributed by atoms with E-state index in [1.54, 1.807) is 0 Å². The van der Waals surface area contributed by atoms with Crippen molar-refractivity contribution in [2.45, 2.75) is 12.3 Å². The zero-order valence-electron chi connectivity index (χ0n) is 11.8. The Morgan fingerprint density at radius 3 is 2.67 bits per heavy atom. The van der Waals surface area contributed by atoms with Crippen LogP contribution in [0.4, 0.5) is 4.79 Å². The predicted octanol–water partition coefficient (Wildman–Crippen LogP) is 2.50. The van der Waals surface area contributed by atoms with Crippen LogP contribution in [0.2, 0.25) is 0 Å². The number of aliphatic carboxylic acids is 1. The lowest BCUT2D eigenvalue weighted by Gasteiger charge is -2.35. The molecular weight excluding hydrogens is 270 g/mol. The number of hydrogen-bond acceptors (Lipinski definition) is 3. The molecule has 1 aromatic rings. The lowest BCUT2D eigenvalue weighted by molar-refractivity contribution is -0.143. The number of carbonyl (C=O) groups excluding carboxylic acids is 1. The fourth-order valence-corrected chi connectivity index (χ4v) is 2.62. The summed E-state index contributed by atoms with van der Waals surface area (Å²) in [5, 5.41) is 9.28. The van der Waals surface area contributed by atoms with Crippen LogP contribution in [-0.2, 0) is 9.53 Å². The molecule has 1 amide bonds. The van der Waals surface area contributed by atoms with Crippen molar-refractivity contribution in [3.05, 3.63) is 48.6 Å². The van der Waals surface area contributed by atoms with Crippen molar-refractivity contribution in [2.75, 3.05) is 19.7 Å². The molecule has 1 saturated heterocycles. The Morgan fingerprint density at radius 1 is 1.33 bits per heavy atom. The summed E-state index contributed by atoms with van der Waals surface area (Å²) in [7, 11) is 0. The van der Waals surface area contributed by atoms with Crippen LogP contribution < -0.4 is 0 Å². The van der Waals surface area contributed by atoms with E-state index in [2.05, 4.69) is 6.58 Å². The van der Waals surface area contributed by atoms with E-state index < -0.39 is 18.0 Å². The summed E-state index contributed by atoms with van der Waals surface area (Å²) in [6.07, 6.45) is 1.54. The number of amides is 1. The molecule has 0 bridgehead atoms. The van der Waals surface area contributed by atoms with Crippen molar-refractivity contribution < 1.29 is 19.4 Å². The van der Waals surface area contributed by atoms with Crippen molar-refractivity contribution in [2.24, 2.45) is 5.92 Å². The number of benzene rings is 1. The Labute approximate surface area is 123 Å². The maximum absolute atomic E-state index is 12.0. The topological polar surface area (TPSA) is 66.8 Å². The summed E-state index contributed by atoms with van der Waals surface area (Å²) < 4.78 is 5.02. The van der Waals surface area contributed by atoms with Gasteiger partial charge in [0.15, 0.2) is 0 Å². The highest BCUT2D eigenvalue weighted by molar-refractivity contribution is 5.73. The first-order valence-corrected chi connectivity index (χ1v) is 6.92. The third-order valence-electron chi connectivity index (χ3n) is 3.65. The average Bonchev–Trinajstić information content (AvgIpc) is 2.53. The van der Waals surface area contributed by atoms with Gasteiger partial charge in [0.1, 0.15) is 6.61 Å². The lowest BCUT2D eigenvalue weighted by Crippen LogP contribution is -2.45. The molecule has 112 valence electrons. The zero-order valence-corrected chi connectivity index (χ0v) is 11.8. The standard InChI is InChI=1S/C16H19NO4/c1-2-8-21-16(20)17-10-13(9-14(11-17)15(18)19)12-6-4-3-5-7-12/h2-7,13-14H,1,8-11H2,(H,18,19)/t13-,14+/m1/s1. The van der Waals surface area contributed by atoms with Gasteiger partial charge in [-0.1, -0.05) is 43.0 Å². The van der Waals surface area contributed by atoms with E-state index >= 15 is 0 Å². The molecule has 1 fully saturated rings. The lowest BCUT2D eigenvalue weighted by atomic mass is 9.85. The van der Waals surface area contributed by atoms with Crippen molar-refractivity contribution >= 4 is 12.1 Å². The van der Waals surface area contributed by atoms with Gasteiger partial charge in [0.05, 0.1) is 5.92 Å². The molecule has 0 saturated carbocycles. The summed E-state index contributed by atoms with van der Waals surface area (Å²) >= 11 is 0. The number of likely N-dealkylation sites (tertiary alicyclic amines) is 1. The number of carbonyl (C=O) groups is 2. The molecule has 5 heteroatoms. The molecule has 5 nitrogen and oxygen atoms in total. The minimum atomic E-state index is -0.878. The van der Waals surface area contributed by atoms with Crippen molar-refractivity contribution in [1.82, 2.24) is 4.90 Å². The number of rotatable bonds is 4. The maximum atomic E-state index is 12.0. The monoisotopic (exact) mass is 289 g/mol. The fraction of sp³-hybridized carbons (Fsp3) is 0.375. The number of hydrogen-bond donors (Lipinski definition) is 1. The van der Waals surface area contributed by atoms with Crippen LogP contribution in [0.3, 0.4) is 0 Å². The van der Waals surface area contributed by atoms with Crippen LogP contribution in [0.1, 0.15) is 17.9 Å². The van der Waals surface area contributed by atoms with Crippen molar-refractivity contribution in [3.63, 3.8) is 0 Å². The number of carboxylic acids is 1. The third-order valence-corrected chi connectivity index (χ3v) is 3.65. The average molecular weight is 289 g/mol. The van der Waals surface area contributed by atoms with Crippen LogP contribution in [-0.4, -0.2) is 41.8 Å². The van der Waals surface area contributed by atoms with Crippen LogP contribution in [0, 0.1) is 5.92 Å². The second-order valence-corrected chi connectivity index (χ2v) is 5.15. The second-order valence-electron chi connectivity index (χ2n) is 5.15. The highest BCUT2D eigenvalue weighted by Crippen LogP contribution is 2.30. The zero-order chi connectivity index (χ0) is 15.2. The van der Waals surface area contributed by atoms with Gasteiger partial charge in [-0.25, -0.2) is 4.79 Å². The van der Waals surface area contributed by atoms with Gasteiger partial charge in [0.2, 0.25) is 0 Å². The van der Waals surface area contributed by atoms with E-state index in [1.807, 2.05) is 30.3 Å². The fourth-order valence-electron chi connectivity index (χ4n) is 2.62. The Balaban J connectivity index is 2.13. The molecule has 0 aromatic heterocycles. The molecule has 21 heavy (non-hydrogen) atoms. The first-order chi connectivity index (χ1) is 10.1. The largest absolute Gasteiger partial charge is 0.481 e. The molecule has 1 N–H and O–H groups in total. The van der Waals surface area contributed by atoms with Gasteiger partial charge in [-0.05, 0) is 12.0 Å². The molecule has 2 rings (SSSR count). The molecule has 1 heterocycles. The smallest absolute Gasteiger partial charge is 0.410 e. The summed E-state index contributed by atoms with van der Waals surface area (Å²) in [5.41, 5.74) is 1.05. The molecule has 0 radical (unpaired) electrons. The van der Waals surface area contributed by atoms with Gasteiger partial charge in [-0.3, -0.25) is 4.79 Å². The molecule has 1 aliphatic heterocycles. The van der Waals surface area contributed by atoms with Crippen LogP contribution >= 0.6 is 0 Å². The predicted molar refractivity (Wildman–Crippen MR) is 78.0 cm³/mol. The van der Waals surface area contributed by atoms with Gasteiger partial charge in [-0.15, -0.1) is 0 Å². The van der Waals surface area contributed by atoms with Crippen LogP contribution in [0.25, 0.3) is 0 Å². The Hall–Kier alpha value is -2.30. The van der Waals surface area contributed by atoms with Gasteiger partial charge >= 0.3 is 12.1 Å². The summed E-state index contributed by atoms with van der Waals surface area (Å²) in [6.45, 7) is 4.29. The number of piperidine rings is 1. The molecule has 0 aliphatic carbocycles. The molecule has 0 unspecified atom stereocenters. The molecule has 1 aromatic carbocycles. The molecule has 1 aliphatic rings. The van der Waals surface area contributed by atoms with E-state index in [4.69, 9.17) is 4.74 Å². The Morgan fingerprint density at radius 2 is 2.05 bits per heavy atom.